The van der Waals surface area contributed by atoms with Gasteiger partial charge in [-0.3, -0.25) is 9.63 Å². The normalized spacial score (nSPS) is 11.1. The minimum Gasteiger partial charge on any atom is -0.275 e. The van der Waals surface area contributed by atoms with Gasteiger partial charge in [-0.05, 0) is 24.1 Å². The molecule has 0 heterocycles. The molecule has 0 N–H and O–H groups in total. The van der Waals surface area contributed by atoms with Crippen LogP contribution in [0.1, 0.15) is 11.1 Å². The smallest absolute Gasteiger partial charge is 0.275 e. The van der Waals surface area contributed by atoms with Crippen LogP contribution in [0.25, 0.3) is 0 Å². The van der Waals surface area contributed by atoms with Crippen LogP contribution in [-0.2, 0) is 26.3 Å². The lowest BCUT2D eigenvalue weighted by atomic mass is 10.2. The Kier molecular flexibility index (Phi) is 4.72. The average Bonchev–Trinajstić information content (AvgIpc) is 2.49. The highest BCUT2D eigenvalue weighted by Gasteiger charge is 2.25. The highest BCUT2D eigenvalue weighted by molar-refractivity contribution is 7.89. The van der Waals surface area contributed by atoms with Crippen molar-refractivity contribution in [1.82, 2.24) is 4.47 Å². The van der Waals surface area contributed by atoms with Gasteiger partial charge >= 0.3 is 0 Å². The molecular formula is C15H14NO4S. The summed E-state index contributed by atoms with van der Waals surface area (Å²) in [4.78, 5) is 16.1. The van der Waals surface area contributed by atoms with E-state index in [0.717, 1.165) is 5.56 Å². The second-order valence-corrected chi connectivity index (χ2v) is 5.98. The van der Waals surface area contributed by atoms with Gasteiger partial charge in [0.2, 0.25) is 6.41 Å². The summed E-state index contributed by atoms with van der Waals surface area (Å²) >= 11 is 0. The molecule has 0 aromatic heterocycles. The molecule has 0 fully saturated rings. The molecule has 6 heteroatoms. The number of carbonyl (C=O) groups is 1. The highest BCUT2D eigenvalue weighted by atomic mass is 32.2. The Morgan fingerprint density at radius 2 is 1.67 bits per heavy atom. The van der Waals surface area contributed by atoms with Crippen LogP contribution in [0.3, 0.4) is 0 Å². The van der Waals surface area contributed by atoms with Crippen LogP contribution in [0, 0.1) is 6.92 Å². The van der Waals surface area contributed by atoms with E-state index >= 15 is 0 Å². The number of sulfonamides is 1. The van der Waals surface area contributed by atoms with E-state index < -0.39 is 10.0 Å². The molecule has 0 spiro atoms. The molecule has 1 amide bonds. The van der Waals surface area contributed by atoms with Gasteiger partial charge in [-0.2, -0.15) is 8.42 Å². The van der Waals surface area contributed by atoms with Gasteiger partial charge in [-0.25, -0.2) is 0 Å². The summed E-state index contributed by atoms with van der Waals surface area (Å²) in [5.74, 6) is 0. The Labute approximate surface area is 123 Å². The van der Waals surface area contributed by atoms with Gasteiger partial charge in [0.25, 0.3) is 10.0 Å². The molecule has 2 aromatic rings. The van der Waals surface area contributed by atoms with E-state index in [1.165, 1.54) is 6.07 Å². The van der Waals surface area contributed by atoms with E-state index in [-0.39, 0.29) is 17.9 Å². The number of rotatable bonds is 6. The number of carbonyl (C=O) groups excluding carboxylic acids is 1. The molecule has 2 rings (SSSR count). The maximum atomic E-state index is 12.3. The second kappa shape index (κ2) is 6.51. The molecule has 5 nitrogen and oxygen atoms in total. The molecule has 0 atom stereocenters. The highest BCUT2D eigenvalue weighted by Crippen LogP contribution is 2.19. The first-order chi connectivity index (χ1) is 10.1. The maximum Gasteiger partial charge on any atom is 0.289 e. The Hall–Kier alpha value is -2.18. The number of benzene rings is 2. The third kappa shape index (κ3) is 3.48. The molecule has 0 bridgehead atoms. The van der Waals surface area contributed by atoms with E-state index in [1.807, 2.05) is 6.07 Å². The van der Waals surface area contributed by atoms with Crippen molar-refractivity contribution in [2.24, 2.45) is 0 Å². The number of hydrogen-bond donors (Lipinski definition) is 0. The Morgan fingerprint density at radius 3 is 2.29 bits per heavy atom. The Balaban J connectivity index is 2.21. The number of hydrogen-bond acceptors (Lipinski definition) is 4. The Morgan fingerprint density at radius 1 is 1.05 bits per heavy atom. The van der Waals surface area contributed by atoms with Crippen molar-refractivity contribution >= 4 is 16.4 Å². The lowest BCUT2D eigenvalue weighted by Crippen LogP contribution is -2.30. The van der Waals surface area contributed by atoms with Crippen LogP contribution >= 0.6 is 0 Å². The third-order valence-corrected chi connectivity index (χ3v) is 4.39. The first-order valence-corrected chi connectivity index (χ1v) is 7.57. The van der Waals surface area contributed by atoms with Crippen molar-refractivity contribution < 1.29 is 18.0 Å². The fourth-order valence-corrected chi connectivity index (χ4v) is 2.87. The predicted octanol–water partition coefficient (Wildman–Crippen LogP) is 2.15. The quantitative estimate of drug-likeness (QED) is 0.606. The van der Waals surface area contributed by atoms with E-state index in [4.69, 9.17) is 4.84 Å². The van der Waals surface area contributed by atoms with Crippen molar-refractivity contribution in [1.29, 1.82) is 0 Å². The molecule has 21 heavy (non-hydrogen) atoms. The topological polar surface area (TPSA) is 63.7 Å². The monoisotopic (exact) mass is 304 g/mol. The minimum atomic E-state index is -4.07. The average molecular weight is 304 g/mol. The summed E-state index contributed by atoms with van der Waals surface area (Å²) in [6.45, 7) is 3.61. The molecule has 2 aromatic carbocycles. The van der Waals surface area contributed by atoms with Gasteiger partial charge < -0.3 is 0 Å². The number of hydroxylamine groups is 1. The summed E-state index contributed by atoms with van der Waals surface area (Å²) in [6.07, 6.45) is 0.130. The fraction of sp³-hybridized carbons (Fsp3) is 0.0667. The van der Waals surface area contributed by atoms with Crippen molar-refractivity contribution in [2.75, 3.05) is 0 Å². The van der Waals surface area contributed by atoms with Crippen molar-refractivity contribution in [2.45, 2.75) is 11.5 Å². The maximum absolute atomic E-state index is 12.3. The molecule has 109 valence electrons. The Bertz CT molecular complexity index is 713. The first kappa shape index (κ1) is 15.2. The van der Waals surface area contributed by atoms with Crippen LogP contribution in [0.5, 0.6) is 0 Å². The second-order valence-electron chi connectivity index (χ2n) is 4.23. The lowest BCUT2D eigenvalue weighted by molar-refractivity contribution is -0.146. The number of amides is 1. The summed E-state index contributed by atoms with van der Waals surface area (Å²) in [7, 11) is -4.07. The van der Waals surface area contributed by atoms with E-state index in [0.29, 0.717) is 10.0 Å². The standard InChI is InChI=1S/C15H14NO4S/c1-13-7-5-6-10-15(13)21(18,19)16(12-17)20-11-14-8-3-2-4-9-14/h2-10,12H,1,11H2. The van der Waals surface area contributed by atoms with Crippen molar-refractivity contribution in [3.8, 4) is 0 Å². The minimum absolute atomic E-state index is 0.0296. The van der Waals surface area contributed by atoms with Crippen molar-refractivity contribution in [3.63, 3.8) is 0 Å². The molecule has 0 aliphatic heterocycles. The molecule has 0 saturated carbocycles. The SMILES string of the molecule is [CH2]c1ccccc1S(=O)(=O)N(C=O)OCc1ccccc1. The zero-order chi connectivity index (χ0) is 15.3. The molecule has 0 saturated heterocycles. The first-order valence-electron chi connectivity index (χ1n) is 6.13. The van der Waals surface area contributed by atoms with Crippen LogP contribution in [0.2, 0.25) is 0 Å². The zero-order valence-electron chi connectivity index (χ0n) is 11.2. The van der Waals surface area contributed by atoms with Gasteiger partial charge in [0.1, 0.15) is 6.61 Å². The predicted molar refractivity (Wildman–Crippen MR) is 77.2 cm³/mol. The largest absolute Gasteiger partial charge is 0.289 e. The van der Waals surface area contributed by atoms with Gasteiger partial charge in [0, 0.05) is 0 Å². The van der Waals surface area contributed by atoms with Gasteiger partial charge in [0.15, 0.2) is 0 Å². The van der Waals surface area contributed by atoms with E-state index in [2.05, 4.69) is 6.92 Å². The fourth-order valence-electron chi connectivity index (χ4n) is 1.72. The summed E-state index contributed by atoms with van der Waals surface area (Å²) in [6, 6.07) is 15.1. The third-order valence-electron chi connectivity index (χ3n) is 2.77. The van der Waals surface area contributed by atoms with Gasteiger partial charge in [-0.1, -0.05) is 48.5 Å². The molecular weight excluding hydrogens is 290 g/mol. The van der Waals surface area contributed by atoms with Crippen LogP contribution in [0.15, 0.2) is 59.5 Å². The van der Waals surface area contributed by atoms with Crippen LogP contribution in [0.4, 0.5) is 0 Å². The molecule has 0 aliphatic rings. The van der Waals surface area contributed by atoms with Gasteiger partial charge in [0.05, 0.1) is 4.90 Å². The van der Waals surface area contributed by atoms with E-state index in [9.17, 15) is 13.2 Å². The molecule has 1 radical (unpaired) electrons. The zero-order valence-corrected chi connectivity index (χ0v) is 12.0. The van der Waals surface area contributed by atoms with Crippen LogP contribution < -0.4 is 0 Å². The van der Waals surface area contributed by atoms with Crippen molar-refractivity contribution in [3.05, 3.63) is 72.6 Å². The summed E-state index contributed by atoms with van der Waals surface area (Å²) in [5, 5.41) is 0. The van der Waals surface area contributed by atoms with Gasteiger partial charge in [-0.15, -0.1) is 4.47 Å². The van der Waals surface area contributed by atoms with E-state index in [1.54, 1.807) is 42.5 Å². The summed E-state index contributed by atoms with van der Waals surface area (Å²) < 4.78 is 25.0. The van der Waals surface area contributed by atoms with Crippen LogP contribution in [-0.4, -0.2) is 19.3 Å². The number of nitrogens with zero attached hydrogens (tertiary/aromatic N) is 1. The molecule has 0 unspecified atom stereocenters. The lowest BCUT2D eigenvalue weighted by Gasteiger charge is -2.18. The summed E-state index contributed by atoms with van der Waals surface area (Å²) in [5.41, 5.74) is 1.05. The molecule has 0 aliphatic carbocycles.